The molecule has 0 aliphatic carbocycles. The SMILES string of the molecule is O=C1CNC(=O)N1C1CCCOc2c1ccc(Cl)c2Cl. The fraction of sp³-hybridized carbons (Fsp3) is 0.385. The van der Waals surface area contributed by atoms with Gasteiger partial charge in [-0.3, -0.25) is 9.69 Å². The third-order valence-electron chi connectivity index (χ3n) is 3.50. The summed E-state index contributed by atoms with van der Waals surface area (Å²) in [5.74, 6) is 0.230. The Morgan fingerprint density at radius 2 is 2.10 bits per heavy atom. The number of fused-ring (bicyclic) bond motifs is 1. The van der Waals surface area contributed by atoms with E-state index in [1.165, 1.54) is 4.90 Å². The summed E-state index contributed by atoms with van der Waals surface area (Å²) in [6, 6.07) is 2.68. The van der Waals surface area contributed by atoms with E-state index in [2.05, 4.69) is 5.32 Å². The number of benzene rings is 1. The van der Waals surface area contributed by atoms with E-state index in [0.717, 1.165) is 12.0 Å². The van der Waals surface area contributed by atoms with E-state index in [9.17, 15) is 9.59 Å². The van der Waals surface area contributed by atoms with Gasteiger partial charge in [0.05, 0.1) is 24.2 Å². The molecule has 1 aromatic carbocycles. The molecule has 0 aromatic heterocycles. The molecule has 2 aliphatic rings. The lowest BCUT2D eigenvalue weighted by molar-refractivity contribution is -0.126. The first kappa shape index (κ1) is 13.5. The van der Waals surface area contributed by atoms with E-state index in [4.69, 9.17) is 27.9 Å². The minimum Gasteiger partial charge on any atom is -0.492 e. The van der Waals surface area contributed by atoms with E-state index in [1.54, 1.807) is 12.1 Å². The number of nitrogens with one attached hydrogen (secondary N) is 1. The van der Waals surface area contributed by atoms with Crippen molar-refractivity contribution in [1.29, 1.82) is 0 Å². The highest BCUT2D eigenvalue weighted by atomic mass is 35.5. The number of rotatable bonds is 1. The molecule has 1 unspecified atom stereocenters. The van der Waals surface area contributed by atoms with Gasteiger partial charge in [0.15, 0.2) is 0 Å². The van der Waals surface area contributed by atoms with Gasteiger partial charge in [-0.05, 0) is 18.9 Å². The molecule has 20 heavy (non-hydrogen) atoms. The molecule has 106 valence electrons. The van der Waals surface area contributed by atoms with Crippen molar-refractivity contribution < 1.29 is 14.3 Å². The number of amides is 3. The van der Waals surface area contributed by atoms with Crippen LogP contribution in [0.5, 0.6) is 5.75 Å². The van der Waals surface area contributed by atoms with Crippen LogP contribution < -0.4 is 10.1 Å². The van der Waals surface area contributed by atoms with Gasteiger partial charge in [-0.15, -0.1) is 0 Å². The van der Waals surface area contributed by atoms with Crippen molar-refractivity contribution in [2.45, 2.75) is 18.9 Å². The number of urea groups is 1. The molecule has 2 heterocycles. The third-order valence-corrected chi connectivity index (χ3v) is 4.28. The molecule has 2 aliphatic heterocycles. The summed E-state index contributed by atoms with van der Waals surface area (Å²) < 4.78 is 5.63. The predicted molar refractivity (Wildman–Crippen MR) is 74.2 cm³/mol. The zero-order valence-corrected chi connectivity index (χ0v) is 12.0. The zero-order chi connectivity index (χ0) is 14.3. The first-order chi connectivity index (χ1) is 9.59. The number of hydrogen-bond acceptors (Lipinski definition) is 3. The monoisotopic (exact) mass is 314 g/mol. The fourth-order valence-electron chi connectivity index (χ4n) is 2.58. The van der Waals surface area contributed by atoms with Crippen LogP contribution in [0.1, 0.15) is 24.4 Å². The molecule has 0 spiro atoms. The first-order valence-electron chi connectivity index (χ1n) is 6.30. The smallest absolute Gasteiger partial charge is 0.325 e. The Morgan fingerprint density at radius 3 is 2.80 bits per heavy atom. The highest BCUT2D eigenvalue weighted by Crippen LogP contribution is 2.43. The molecule has 7 heteroatoms. The molecule has 0 bridgehead atoms. The van der Waals surface area contributed by atoms with Crippen LogP contribution in [-0.4, -0.2) is 30.0 Å². The van der Waals surface area contributed by atoms with E-state index < -0.39 is 0 Å². The van der Waals surface area contributed by atoms with Crippen molar-refractivity contribution >= 4 is 35.1 Å². The summed E-state index contributed by atoms with van der Waals surface area (Å²) in [6.45, 7) is 0.514. The number of hydrogen-bond donors (Lipinski definition) is 1. The Balaban J connectivity index is 2.08. The largest absolute Gasteiger partial charge is 0.492 e. The van der Waals surface area contributed by atoms with Gasteiger partial charge in [0.25, 0.3) is 5.91 Å². The van der Waals surface area contributed by atoms with Crippen LogP contribution in [-0.2, 0) is 4.79 Å². The summed E-state index contributed by atoms with van der Waals surface area (Å²) in [6.07, 6.45) is 1.37. The number of nitrogens with zero attached hydrogens (tertiary/aromatic N) is 1. The molecule has 0 saturated carbocycles. The second kappa shape index (κ2) is 5.14. The lowest BCUT2D eigenvalue weighted by Crippen LogP contribution is -2.34. The van der Waals surface area contributed by atoms with Crippen LogP contribution in [0.4, 0.5) is 4.79 Å². The average molecular weight is 315 g/mol. The molecule has 1 saturated heterocycles. The maximum absolute atomic E-state index is 11.9. The van der Waals surface area contributed by atoms with Crippen LogP contribution in [0, 0.1) is 0 Å². The van der Waals surface area contributed by atoms with Gasteiger partial charge >= 0.3 is 6.03 Å². The van der Waals surface area contributed by atoms with Crippen LogP contribution in [0.2, 0.25) is 10.0 Å². The molecule has 5 nitrogen and oxygen atoms in total. The number of carbonyl (C=O) groups excluding carboxylic acids is 2. The van der Waals surface area contributed by atoms with Crippen LogP contribution in [0.15, 0.2) is 12.1 Å². The van der Waals surface area contributed by atoms with E-state index in [1.807, 2.05) is 0 Å². The molecular weight excluding hydrogens is 303 g/mol. The Labute approximate surface area is 125 Å². The van der Waals surface area contributed by atoms with Gasteiger partial charge in [-0.1, -0.05) is 29.3 Å². The summed E-state index contributed by atoms with van der Waals surface area (Å²) in [5, 5.41) is 3.25. The quantitative estimate of drug-likeness (QED) is 0.811. The lowest BCUT2D eigenvalue weighted by Gasteiger charge is -2.25. The highest BCUT2D eigenvalue weighted by Gasteiger charge is 2.38. The minimum atomic E-state index is -0.376. The average Bonchev–Trinajstić information content (AvgIpc) is 2.64. The fourth-order valence-corrected chi connectivity index (χ4v) is 2.96. The molecule has 1 N–H and O–H groups in total. The van der Waals surface area contributed by atoms with Crippen LogP contribution in [0.3, 0.4) is 0 Å². The molecule has 1 fully saturated rings. The first-order valence-corrected chi connectivity index (χ1v) is 7.06. The zero-order valence-electron chi connectivity index (χ0n) is 10.5. The standard InChI is InChI=1S/C13H12Cl2N2O3/c14-8-4-3-7-9(17-10(18)6-16-13(17)19)2-1-5-20-12(7)11(8)15/h3-4,9H,1-2,5-6H2,(H,16,19). The number of imide groups is 1. The molecule has 3 rings (SSSR count). The van der Waals surface area contributed by atoms with Gasteiger partial charge in [-0.2, -0.15) is 0 Å². The van der Waals surface area contributed by atoms with Crippen molar-refractivity contribution in [2.75, 3.05) is 13.2 Å². The molecule has 1 aromatic rings. The van der Waals surface area contributed by atoms with Gasteiger partial charge in [-0.25, -0.2) is 4.79 Å². The summed E-state index contributed by atoms with van der Waals surface area (Å²) >= 11 is 12.2. The van der Waals surface area contributed by atoms with Crippen molar-refractivity contribution in [3.05, 3.63) is 27.7 Å². The Morgan fingerprint density at radius 1 is 1.30 bits per heavy atom. The topological polar surface area (TPSA) is 58.6 Å². The molecule has 1 atom stereocenters. The van der Waals surface area contributed by atoms with Crippen molar-refractivity contribution in [3.63, 3.8) is 0 Å². The highest BCUT2D eigenvalue weighted by molar-refractivity contribution is 6.43. The Bertz CT molecular complexity index is 575. The Hall–Kier alpha value is -1.46. The van der Waals surface area contributed by atoms with E-state index in [-0.39, 0.29) is 24.5 Å². The third kappa shape index (κ3) is 2.11. The van der Waals surface area contributed by atoms with Gasteiger partial charge in [0, 0.05) is 5.56 Å². The molecular formula is C13H12Cl2N2O3. The number of carbonyl (C=O) groups is 2. The number of ether oxygens (including phenoxy) is 1. The Kier molecular flexibility index (Phi) is 3.48. The van der Waals surface area contributed by atoms with Gasteiger partial charge in [0.2, 0.25) is 0 Å². The molecule has 3 amide bonds. The van der Waals surface area contributed by atoms with Crippen molar-refractivity contribution in [3.8, 4) is 5.75 Å². The molecule has 0 radical (unpaired) electrons. The normalized spacial score (nSPS) is 22.1. The van der Waals surface area contributed by atoms with Gasteiger partial charge in [0.1, 0.15) is 10.8 Å². The van der Waals surface area contributed by atoms with Crippen LogP contribution in [0.25, 0.3) is 0 Å². The van der Waals surface area contributed by atoms with E-state index in [0.29, 0.717) is 28.8 Å². The minimum absolute atomic E-state index is 0.0346. The van der Waals surface area contributed by atoms with Crippen LogP contribution >= 0.6 is 23.2 Å². The van der Waals surface area contributed by atoms with E-state index >= 15 is 0 Å². The predicted octanol–water partition coefficient (Wildman–Crippen LogP) is 2.76. The summed E-state index contributed by atoms with van der Waals surface area (Å²) in [4.78, 5) is 25.0. The maximum atomic E-state index is 11.9. The maximum Gasteiger partial charge on any atom is 0.325 e. The lowest BCUT2D eigenvalue weighted by atomic mass is 10.0. The van der Waals surface area contributed by atoms with Crippen molar-refractivity contribution in [2.24, 2.45) is 0 Å². The number of halogens is 2. The van der Waals surface area contributed by atoms with Crippen molar-refractivity contribution in [1.82, 2.24) is 10.2 Å². The van der Waals surface area contributed by atoms with Gasteiger partial charge < -0.3 is 10.1 Å². The second-order valence-electron chi connectivity index (χ2n) is 4.71. The summed E-state index contributed by atoms with van der Waals surface area (Å²) in [5.41, 5.74) is 0.724. The second-order valence-corrected chi connectivity index (χ2v) is 5.49. The summed E-state index contributed by atoms with van der Waals surface area (Å²) in [7, 11) is 0.